The third-order valence-corrected chi connectivity index (χ3v) is 3.96. The average molecular weight is 298 g/mol. The molecule has 2 aromatic rings. The number of hydrogen-bond acceptors (Lipinski definition) is 6. The van der Waals surface area contributed by atoms with E-state index in [0.29, 0.717) is 30.8 Å². The Balaban J connectivity index is 1.78. The molecule has 1 N–H and O–H groups in total. The van der Waals surface area contributed by atoms with Gasteiger partial charge in [-0.2, -0.15) is 5.26 Å². The molecular formula is C15H18N6O. The molecule has 1 saturated heterocycles. The number of pyridine rings is 1. The Morgan fingerprint density at radius 2 is 2.23 bits per heavy atom. The maximum Gasteiger partial charge on any atom is 0.129 e. The molecular weight excluding hydrogens is 280 g/mol. The number of aliphatic hydroxyl groups is 1. The van der Waals surface area contributed by atoms with Crippen LogP contribution in [-0.4, -0.2) is 38.2 Å². The highest BCUT2D eigenvalue weighted by atomic mass is 16.3. The van der Waals surface area contributed by atoms with Crippen LogP contribution in [0.5, 0.6) is 0 Å². The Morgan fingerprint density at radius 1 is 1.41 bits per heavy atom. The molecule has 0 aliphatic carbocycles. The molecule has 1 aliphatic heterocycles. The molecule has 1 atom stereocenters. The molecule has 7 heteroatoms. The lowest BCUT2D eigenvalue weighted by molar-refractivity contribution is 0.0559. The summed E-state index contributed by atoms with van der Waals surface area (Å²) in [6.45, 7) is 5.14. The van der Waals surface area contributed by atoms with E-state index in [4.69, 9.17) is 5.26 Å². The van der Waals surface area contributed by atoms with Crippen LogP contribution < -0.4 is 4.90 Å². The smallest absolute Gasteiger partial charge is 0.129 e. The normalized spacial score (nSPS) is 21.3. The van der Waals surface area contributed by atoms with Crippen LogP contribution in [0.25, 0.3) is 0 Å². The van der Waals surface area contributed by atoms with Crippen molar-refractivity contribution in [2.45, 2.75) is 31.9 Å². The standard InChI is InChI=1S/C15H18N6O/c1-11(2)21-9-13(18-19-21)15(22)5-6-20(10-15)14-4-3-12(7-16)8-17-14/h3-4,8-9,11,22H,5-6,10H2,1-2H3. The molecule has 2 aromatic heterocycles. The lowest BCUT2D eigenvalue weighted by atomic mass is 10.00. The predicted molar refractivity (Wildman–Crippen MR) is 80.1 cm³/mol. The number of anilines is 1. The molecule has 3 heterocycles. The summed E-state index contributed by atoms with van der Waals surface area (Å²) < 4.78 is 1.75. The molecule has 0 saturated carbocycles. The van der Waals surface area contributed by atoms with Crippen LogP contribution in [0.15, 0.2) is 24.5 Å². The van der Waals surface area contributed by atoms with Gasteiger partial charge in [-0.25, -0.2) is 9.67 Å². The molecule has 0 aromatic carbocycles. The minimum Gasteiger partial charge on any atom is -0.381 e. The van der Waals surface area contributed by atoms with E-state index in [2.05, 4.69) is 15.3 Å². The second-order valence-electron chi connectivity index (χ2n) is 5.90. The van der Waals surface area contributed by atoms with Crippen molar-refractivity contribution in [2.24, 2.45) is 0 Å². The molecule has 7 nitrogen and oxygen atoms in total. The summed E-state index contributed by atoms with van der Waals surface area (Å²) in [7, 11) is 0. The zero-order valence-corrected chi connectivity index (χ0v) is 12.6. The number of aromatic nitrogens is 4. The highest BCUT2D eigenvalue weighted by Crippen LogP contribution is 2.32. The van der Waals surface area contributed by atoms with Gasteiger partial charge in [-0.15, -0.1) is 5.10 Å². The van der Waals surface area contributed by atoms with Gasteiger partial charge in [-0.3, -0.25) is 0 Å². The first-order valence-electron chi connectivity index (χ1n) is 7.27. The average Bonchev–Trinajstić information content (AvgIpc) is 3.15. The second-order valence-corrected chi connectivity index (χ2v) is 5.90. The topological polar surface area (TPSA) is 90.9 Å². The van der Waals surface area contributed by atoms with E-state index in [1.807, 2.05) is 24.8 Å². The fourth-order valence-corrected chi connectivity index (χ4v) is 2.58. The van der Waals surface area contributed by atoms with Gasteiger partial charge in [0.05, 0.1) is 18.3 Å². The van der Waals surface area contributed by atoms with E-state index in [1.54, 1.807) is 29.2 Å². The Bertz CT molecular complexity index is 702. The molecule has 0 bridgehead atoms. The summed E-state index contributed by atoms with van der Waals surface area (Å²) in [5.41, 5.74) is 0.110. The summed E-state index contributed by atoms with van der Waals surface area (Å²) in [6, 6.07) is 5.79. The summed E-state index contributed by atoms with van der Waals surface area (Å²) in [5, 5.41) is 27.8. The maximum absolute atomic E-state index is 10.9. The number of hydrogen-bond donors (Lipinski definition) is 1. The number of nitrogens with zero attached hydrogens (tertiary/aromatic N) is 6. The molecule has 1 aliphatic rings. The van der Waals surface area contributed by atoms with Crippen molar-refractivity contribution in [2.75, 3.05) is 18.0 Å². The van der Waals surface area contributed by atoms with Gasteiger partial charge in [0, 0.05) is 25.2 Å². The fraction of sp³-hybridized carbons (Fsp3) is 0.467. The van der Waals surface area contributed by atoms with E-state index in [-0.39, 0.29) is 6.04 Å². The lowest BCUT2D eigenvalue weighted by Crippen LogP contribution is -2.31. The van der Waals surface area contributed by atoms with Gasteiger partial charge in [0.1, 0.15) is 23.2 Å². The highest BCUT2D eigenvalue weighted by molar-refractivity contribution is 5.44. The summed E-state index contributed by atoms with van der Waals surface area (Å²) in [4.78, 5) is 6.27. The van der Waals surface area contributed by atoms with E-state index >= 15 is 0 Å². The van der Waals surface area contributed by atoms with Crippen molar-refractivity contribution in [1.82, 2.24) is 20.0 Å². The van der Waals surface area contributed by atoms with Crippen LogP contribution in [0.2, 0.25) is 0 Å². The fourth-order valence-electron chi connectivity index (χ4n) is 2.58. The van der Waals surface area contributed by atoms with Crippen LogP contribution in [-0.2, 0) is 5.60 Å². The molecule has 114 valence electrons. The quantitative estimate of drug-likeness (QED) is 0.916. The van der Waals surface area contributed by atoms with Gasteiger partial charge in [0.15, 0.2) is 0 Å². The monoisotopic (exact) mass is 298 g/mol. The van der Waals surface area contributed by atoms with Gasteiger partial charge in [-0.1, -0.05) is 5.21 Å². The third-order valence-electron chi connectivity index (χ3n) is 3.96. The van der Waals surface area contributed by atoms with Crippen LogP contribution in [0.4, 0.5) is 5.82 Å². The molecule has 1 fully saturated rings. The van der Waals surface area contributed by atoms with Gasteiger partial charge < -0.3 is 10.0 Å². The van der Waals surface area contributed by atoms with Crippen LogP contribution in [0.3, 0.4) is 0 Å². The minimum atomic E-state index is -1.01. The third kappa shape index (κ3) is 2.53. The van der Waals surface area contributed by atoms with E-state index in [0.717, 1.165) is 5.82 Å². The number of β-amino-alcohol motifs (C(OH)–C–C–N with tert-alkyl or cyclic N) is 1. The molecule has 0 radical (unpaired) electrons. The molecule has 0 spiro atoms. The second kappa shape index (κ2) is 5.39. The highest BCUT2D eigenvalue weighted by Gasteiger charge is 2.40. The predicted octanol–water partition coefficient (Wildman–Crippen LogP) is 1.22. The first-order chi connectivity index (χ1) is 10.5. The first-order valence-corrected chi connectivity index (χ1v) is 7.27. The first kappa shape index (κ1) is 14.5. The van der Waals surface area contributed by atoms with Crippen molar-refractivity contribution < 1.29 is 5.11 Å². The zero-order chi connectivity index (χ0) is 15.7. The Kier molecular flexibility index (Phi) is 3.54. The number of nitriles is 1. The van der Waals surface area contributed by atoms with Crippen LogP contribution in [0, 0.1) is 11.3 Å². The van der Waals surface area contributed by atoms with Crippen molar-refractivity contribution in [3.05, 3.63) is 35.8 Å². The Hall–Kier alpha value is -2.46. The van der Waals surface area contributed by atoms with Gasteiger partial charge >= 0.3 is 0 Å². The summed E-state index contributed by atoms with van der Waals surface area (Å²) in [5.74, 6) is 0.756. The maximum atomic E-state index is 10.9. The van der Waals surface area contributed by atoms with Crippen molar-refractivity contribution in [1.29, 1.82) is 5.26 Å². The molecule has 3 rings (SSSR count). The largest absolute Gasteiger partial charge is 0.381 e. The van der Waals surface area contributed by atoms with Crippen LogP contribution in [0.1, 0.15) is 37.6 Å². The number of rotatable bonds is 3. The van der Waals surface area contributed by atoms with Crippen molar-refractivity contribution in [3.63, 3.8) is 0 Å². The SMILES string of the molecule is CC(C)n1cc(C2(O)CCN(c3ccc(C#N)cn3)C2)nn1. The van der Waals surface area contributed by atoms with E-state index in [9.17, 15) is 5.11 Å². The van der Waals surface area contributed by atoms with Crippen molar-refractivity contribution in [3.8, 4) is 6.07 Å². The van der Waals surface area contributed by atoms with Crippen molar-refractivity contribution >= 4 is 5.82 Å². The van der Waals surface area contributed by atoms with Gasteiger partial charge in [0.2, 0.25) is 0 Å². The summed E-state index contributed by atoms with van der Waals surface area (Å²) >= 11 is 0. The summed E-state index contributed by atoms with van der Waals surface area (Å²) in [6.07, 6.45) is 3.92. The van der Waals surface area contributed by atoms with Gasteiger partial charge in [-0.05, 0) is 26.0 Å². The minimum absolute atomic E-state index is 0.211. The molecule has 0 amide bonds. The van der Waals surface area contributed by atoms with E-state index < -0.39 is 5.60 Å². The Labute approximate surface area is 128 Å². The molecule has 22 heavy (non-hydrogen) atoms. The van der Waals surface area contributed by atoms with Crippen LogP contribution >= 0.6 is 0 Å². The van der Waals surface area contributed by atoms with Gasteiger partial charge in [0.25, 0.3) is 0 Å². The zero-order valence-electron chi connectivity index (χ0n) is 12.6. The lowest BCUT2D eigenvalue weighted by Gasteiger charge is -2.21. The van der Waals surface area contributed by atoms with E-state index in [1.165, 1.54) is 0 Å². The molecule has 1 unspecified atom stereocenters. The Morgan fingerprint density at radius 3 is 2.82 bits per heavy atom.